The van der Waals surface area contributed by atoms with Gasteiger partial charge >= 0.3 is 0 Å². The number of anilines is 2. The van der Waals surface area contributed by atoms with Crippen LogP contribution in [0.2, 0.25) is 0 Å². The number of ketones is 1. The molecule has 3 aromatic rings. The van der Waals surface area contributed by atoms with Gasteiger partial charge in [0, 0.05) is 31.0 Å². The SMILES string of the molecule is CCOc1ccc(C2/C(=C(/O)c3ccc(OCC(C)C)c(C)c3)C(=O)C(=O)N2c2ccc(N(C)C)cc2)cc1. The van der Waals surface area contributed by atoms with Gasteiger partial charge in [-0.1, -0.05) is 26.0 Å². The highest BCUT2D eigenvalue weighted by Crippen LogP contribution is 2.43. The summed E-state index contributed by atoms with van der Waals surface area (Å²) in [4.78, 5) is 30.4. The highest BCUT2D eigenvalue weighted by Gasteiger charge is 2.47. The van der Waals surface area contributed by atoms with Crippen LogP contribution in [0.5, 0.6) is 11.5 Å². The van der Waals surface area contributed by atoms with Crippen LogP contribution < -0.4 is 19.3 Å². The maximum Gasteiger partial charge on any atom is 0.300 e. The number of hydrogen-bond acceptors (Lipinski definition) is 6. The van der Waals surface area contributed by atoms with Crippen LogP contribution in [0.15, 0.2) is 72.3 Å². The van der Waals surface area contributed by atoms with Crippen molar-refractivity contribution in [3.8, 4) is 11.5 Å². The Bertz CT molecular complexity index is 1370. The summed E-state index contributed by atoms with van der Waals surface area (Å²) in [5.41, 5.74) is 3.52. The second-order valence-electron chi connectivity index (χ2n) is 10.3. The lowest BCUT2D eigenvalue weighted by Crippen LogP contribution is -2.29. The van der Waals surface area contributed by atoms with Crippen LogP contribution in [-0.2, 0) is 9.59 Å². The van der Waals surface area contributed by atoms with Gasteiger partial charge in [-0.3, -0.25) is 14.5 Å². The molecular formula is C32H36N2O5. The molecule has 0 bridgehead atoms. The molecule has 0 aliphatic carbocycles. The maximum atomic E-state index is 13.5. The molecular weight excluding hydrogens is 492 g/mol. The van der Waals surface area contributed by atoms with Crippen LogP contribution in [-0.4, -0.2) is 44.1 Å². The van der Waals surface area contributed by atoms with E-state index in [-0.39, 0.29) is 11.3 Å². The molecule has 3 aromatic carbocycles. The minimum Gasteiger partial charge on any atom is -0.507 e. The Morgan fingerprint density at radius 2 is 1.64 bits per heavy atom. The largest absolute Gasteiger partial charge is 0.507 e. The molecule has 0 saturated carbocycles. The van der Waals surface area contributed by atoms with Crippen LogP contribution >= 0.6 is 0 Å². The lowest BCUT2D eigenvalue weighted by Gasteiger charge is -2.26. The fourth-order valence-corrected chi connectivity index (χ4v) is 4.61. The molecule has 1 unspecified atom stereocenters. The van der Waals surface area contributed by atoms with Gasteiger partial charge in [0.05, 0.1) is 24.8 Å². The molecule has 0 spiro atoms. The maximum absolute atomic E-state index is 13.5. The Balaban J connectivity index is 1.83. The Morgan fingerprint density at radius 3 is 2.21 bits per heavy atom. The van der Waals surface area contributed by atoms with Crippen LogP contribution in [0.1, 0.15) is 43.5 Å². The summed E-state index contributed by atoms with van der Waals surface area (Å²) in [6.45, 7) is 9.03. The van der Waals surface area contributed by atoms with E-state index in [0.29, 0.717) is 47.4 Å². The second kappa shape index (κ2) is 11.6. The molecule has 0 aromatic heterocycles. The number of ether oxygens (including phenoxy) is 2. The van der Waals surface area contributed by atoms with Gasteiger partial charge in [-0.05, 0) is 85.5 Å². The van der Waals surface area contributed by atoms with Crippen LogP contribution in [0.3, 0.4) is 0 Å². The summed E-state index contributed by atoms with van der Waals surface area (Å²) in [7, 11) is 3.87. The van der Waals surface area contributed by atoms with Crippen molar-refractivity contribution in [3.63, 3.8) is 0 Å². The summed E-state index contributed by atoms with van der Waals surface area (Å²) in [5, 5.41) is 11.5. The first-order valence-corrected chi connectivity index (χ1v) is 13.2. The molecule has 1 saturated heterocycles. The first kappa shape index (κ1) is 27.8. The van der Waals surface area contributed by atoms with Crippen molar-refractivity contribution >= 4 is 28.8 Å². The van der Waals surface area contributed by atoms with E-state index in [1.165, 1.54) is 4.90 Å². The summed E-state index contributed by atoms with van der Waals surface area (Å²) in [6.07, 6.45) is 0. The minimum atomic E-state index is -0.817. The Kier molecular flexibility index (Phi) is 8.29. The van der Waals surface area contributed by atoms with E-state index in [2.05, 4.69) is 13.8 Å². The first-order valence-electron chi connectivity index (χ1n) is 13.2. The van der Waals surface area contributed by atoms with Gasteiger partial charge in [0.1, 0.15) is 17.3 Å². The fourth-order valence-electron chi connectivity index (χ4n) is 4.61. The molecule has 4 rings (SSSR count). The number of amides is 1. The standard InChI is InChI=1S/C32H36N2O5/c1-7-38-26-15-8-22(9-16-26)29-28(30(35)23-10-17-27(21(4)18-23)39-19-20(2)3)31(36)32(37)34(29)25-13-11-24(12-14-25)33(5)6/h8-18,20,29,35H,7,19H2,1-6H3/b30-28-. The molecule has 1 atom stereocenters. The summed E-state index contributed by atoms with van der Waals surface area (Å²) >= 11 is 0. The quantitative estimate of drug-likeness (QED) is 0.205. The third kappa shape index (κ3) is 5.77. The number of carbonyl (C=O) groups excluding carboxylic acids is 2. The Hall–Kier alpha value is -4.26. The minimum absolute atomic E-state index is 0.0381. The number of hydrogen-bond donors (Lipinski definition) is 1. The predicted octanol–water partition coefficient (Wildman–Crippen LogP) is 6.12. The molecule has 1 fully saturated rings. The fraction of sp³-hybridized carbons (Fsp3) is 0.312. The zero-order valence-electron chi connectivity index (χ0n) is 23.4. The third-order valence-electron chi connectivity index (χ3n) is 6.62. The van der Waals surface area contributed by atoms with E-state index in [0.717, 1.165) is 11.3 Å². The normalized spacial score (nSPS) is 16.6. The van der Waals surface area contributed by atoms with Crippen molar-refractivity contribution in [1.82, 2.24) is 0 Å². The lowest BCUT2D eigenvalue weighted by molar-refractivity contribution is -0.132. The first-order chi connectivity index (χ1) is 18.6. The Labute approximate surface area is 230 Å². The number of rotatable bonds is 9. The van der Waals surface area contributed by atoms with Crippen LogP contribution in [0, 0.1) is 12.8 Å². The van der Waals surface area contributed by atoms with E-state index in [1.54, 1.807) is 30.3 Å². The summed E-state index contributed by atoms with van der Waals surface area (Å²) in [6, 6.07) is 19.1. The van der Waals surface area contributed by atoms with Crippen molar-refractivity contribution in [2.45, 2.75) is 33.7 Å². The average molecular weight is 529 g/mol. The number of aryl methyl sites for hydroxylation is 1. The summed E-state index contributed by atoms with van der Waals surface area (Å²) in [5.74, 6) is 0.112. The third-order valence-corrected chi connectivity index (χ3v) is 6.62. The monoisotopic (exact) mass is 528 g/mol. The second-order valence-corrected chi connectivity index (χ2v) is 10.3. The zero-order chi connectivity index (χ0) is 28.3. The van der Waals surface area contributed by atoms with E-state index in [1.807, 2.05) is 69.2 Å². The van der Waals surface area contributed by atoms with Gasteiger partial charge in [0.25, 0.3) is 11.7 Å². The predicted molar refractivity (Wildman–Crippen MR) is 155 cm³/mol. The molecule has 0 radical (unpaired) electrons. The zero-order valence-corrected chi connectivity index (χ0v) is 23.4. The van der Waals surface area contributed by atoms with Gasteiger partial charge in [-0.25, -0.2) is 0 Å². The highest BCUT2D eigenvalue weighted by atomic mass is 16.5. The number of Topliss-reactive ketones (excluding diaryl/α,β-unsaturated/α-hetero) is 1. The highest BCUT2D eigenvalue weighted by molar-refractivity contribution is 6.51. The molecule has 204 valence electrons. The lowest BCUT2D eigenvalue weighted by atomic mass is 9.94. The Morgan fingerprint density at radius 1 is 0.974 bits per heavy atom. The van der Waals surface area contributed by atoms with Crippen molar-refractivity contribution in [1.29, 1.82) is 0 Å². The molecule has 1 N–H and O–H groups in total. The number of nitrogens with zero attached hydrogens (tertiary/aromatic N) is 2. The number of aliphatic hydroxyl groups excluding tert-OH is 1. The average Bonchev–Trinajstić information content (AvgIpc) is 3.18. The number of benzene rings is 3. The topological polar surface area (TPSA) is 79.3 Å². The van der Waals surface area contributed by atoms with Crippen molar-refractivity contribution < 1.29 is 24.2 Å². The van der Waals surface area contributed by atoms with Gasteiger partial charge in [-0.15, -0.1) is 0 Å². The van der Waals surface area contributed by atoms with Gasteiger partial charge in [0.15, 0.2) is 0 Å². The van der Waals surface area contributed by atoms with Gasteiger partial charge < -0.3 is 19.5 Å². The van der Waals surface area contributed by atoms with E-state index in [9.17, 15) is 14.7 Å². The van der Waals surface area contributed by atoms with Crippen molar-refractivity contribution in [2.75, 3.05) is 37.1 Å². The smallest absolute Gasteiger partial charge is 0.300 e. The molecule has 1 amide bonds. The van der Waals surface area contributed by atoms with Crippen LogP contribution in [0.25, 0.3) is 5.76 Å². The van der Waals surface area contributed by atoms with Crippen molar-refractivity contribution in [3.05, 3.63) is 89.0 Å². The molecule has 39 heavy (non-hydrogen) atoms. The van der Waals surface area contributed by atoms with Crippen LogP contribution in [0.4, 0.5) is 11.4 Å². The molecule has 1 aliphatic heterocycles. The van der Waals surface area contributed by atoms with E-state index < -0.39 is 17.7 Å². The molecule has 1 aliphatic rings. The molecule has 7 nitrogen and oxygen atoms in total. The van der Waals surface area contributed by atoms with Crippen molar-refractivity contribution in [2.24, 2.45) is 5.92 Å². The van der Waals surface area contributed by atoms with Gasteiger partial charge in [-0.2, -0.15) is 0 Å². The van der Waals surface area contributed by atoms with Gasteiger partial charge in [0.2, 0.25) is 0 Å². The summed E-state index contributed by atoms with van der Waals surface area (Å²) < 4.78 is 11.5. The van der Waals surface area contributed by atoms with E-state index in [4.69, 9.17) is 9.47 Å². The molecule has 1 heterocycles. The molecule has 7 heteroatoms. The van der Waals surface area contributed by atoms with E-state index >= 15 is 0 Å². The number of carbonyl (C=O) groups is 2. The number of aliphatic hydroxyl groups is 1.